The average molecular weight is 372 g/mol. The summed E-state index contributed by atoms with van der Waals surface area (Å²) in [6, 6.07) is 3.78. The molecular weight excluding hydrogens is 362 g/mol. The highest BCUT2D eigenvalue weighted by Crippen LogP contribution is 2.28. The zero-order valence-electron chi connectivity index (χ0n) is 10.3. The van der Waals surface area contributed by atoms with Crippen LogP contribution in [0.2, 0.25) is 0 Å². The number of thiophene rings is 2. The summed E-state index contributed by atoms with van der Waals surface area (Å²) in [6.45, 7) is 1.76. The van der Waals surface area contributed by atoms with Crippen molar-refractivity contribution in [3.8, 4) is 0 Å². The van der Waals surface area contributed by atoms with E-state index in [4.69, 9.17) is 5.11 Å². The summed E-state index contributed by atoms with van der Waals surface area (Å²) in [5.74, 6) is -1.39. The van der Waals surface area contributed by atoms with Crippen LogP contribution < -0.4 is 5.32 Å². The number of carbonyl (C=O) groups is 2. The molecule has 2 rings (SSSR count). The summed E-state index contributed by atoms with van der Waals surface area (Å²) in [5, 5.41) is 13.4. The predicted octanol–water partition coefficient (Wildman–Crippen LogP) is 4.23. The molecule has 0 radical (unpaired) electrons. The summed E-state index contributed by atoms with van der Waals surface area (Å²) >= 11 is 5.95. The molecule has 4 nitrogen and oxygen atoms in total. The van der Waals surface area contributed by atoms with Crippen molar-refractivity contribution in [1.82, 2.24) is 0 Å². The maximum atomic E-state index is 11.8. The molecule has 104 valence electrons. The lowest BCUT2D eigenvalue weighted by Crippen LogP contribution is -2.11. The lowest BCUT2D eigenvalue weighted by molar-refractivity contribution is -0.111. The van der Waals surface area contributed by atoms with E-state index in [1.807, 2.05) is 12.1 Å². The Morgan fingerprint density at radius 1 is 1.40 bits per heavy atom. The van der Waals surface area contributed by atoms with Crippen molar-refractivity contribution in [3.05, 3.63) is 42.7 Å². The molecule has 2 heterocycles. The van der Waals surface area contributed by atoms with Crippen LogP contribution in [-0.4, -0.2) is 17.0 Å². The second kappa shape index (κ2) is 6.34. The molecule has 0 unspecified atom stereocenters. The largest absolute Gasteiger partial charge is 0.477 e. The van der Waals surface area contributed by atoms with Gasteiger partial charge in [-0.2, -0.15) is 0 Å². The molecular formula is C13H10BrNO3S2. The number of anilines is 1. The zero-order chi connectivity index (χ0) is 14.7. The minimum Gasteiger partial charge on any atom is -0.477 e. The second-order valence-electron chi connectivity index (χ2n) is 3.89. The minimum absolute atomic E-state index is 0.142. The molecule has 7 heteroatoms. The summed E-state index contributed by atoms with van der Waals surface area (Å²) in [7, 11) is 0. The fourth-order valence-corrected chi connectivity index (χ4v) is 3.67. The monoisotopic (exact) mass is 371 g/mol. The van der Waals surface area contributed by atoms with Gasteiger partial charge in [-0.3, -0.25) is 4.79 Å². The van der Waals surface area contributed by atoms with Gasteiger partial charge in [0.1, 0.15) is 4.88 Å². The Bertz CT molecular complexity index is 688. The van der Waals surface area contributed by atoms with Gasteiger partial charge in [-0.05, 0) is 52.0 Å². The molecule has 0 spiro atoms. The number of rotatable bonds is 4. The lowest BCUT2D eigenvalue weighted by Gasteiger charge is -2.02. The van der Waals surface area contributed by atoms with Gasteiger partial charge >= 0.3 is 5.97 Å². The van der Waals surface area contributed by atoms with E-state index in [9.17, 15) is 9.59 Å². The first-order valence-corrected chi connectivity index (χ1v) is 8.02. The number of hydrogen-bond donors (Lipinski definition) is 2. The topological polar surface area (TPSA) is 66.4 Å². The molecule has 0 saturated heterocycles. The highest BCUT2D eigenvalue weighted by Gasteiger charge is 2.16. The van der Waals surface area contributed by atoms with Gasteiger partial charge in [0.2, 0.25) is 5.91 Å². The predicted molar refractivity (Wildman–Crippen MR) is 85.7 cm³/mol. The van der Waals surface area contributed by atoms with Crippen LogP contribution in [0.25, 0.3) is 6.08 Å². The molecule has 0 aliphatic heterocycles. The number of halogens is 1. The molecule has 0 aliphatic rings. The van der Waals surface area contributed by atoms with Gasteiger partial charge in [-0.1, -0.05) is 0 Å². The molecule has 2 aromatic heterocycles. The number of nitrogens with one attached hydrogen (secondary N) is 1. The van der Waals surface area contributed by atoms with Crippen LogP contribution in [0.1, 0.15) is 20.1 Å². The standard InChI is InChI=1S/C13H10BrNO3S2/c1-7-6-19-12(13(17)18)11(7)15-10(16)5-3-8-2-4-9(14)20-8/h2-6H,1H3,(H,15,16)(H,17,18)/b5-3+. The van der Waals surface area contributed by atoms with Crippen LogP contribution in [0.15, 0.2) is 27.4 Å². The van der Waals surface area contributed by atoms with Crippen LogP contribution in [0.3, 0.4) is 0 Å². The smallest absolute Gasteiger partial charge is 0.348 e. The van der Waals surface area contributed by atoms with Gasteiger partial charge in [-0.25, -0.2) is 4.79 Å². The van der Waals surface area contributed by atoms with Crippen LogP contribution in [0.4, 0.5) is 5.69 Å². The maximum absolute atomic E-state index is 11.8. The van der Waals surface area contributed by atoms with E-state index in [1.165, 1.54) is 17.4 Å². The highest BCUT2D eigenvalue weighted by atomic mass is 79.9. The Morgan fingerprint density at radius 3 is 2.75 bits per heavy atom. The Kier molecular flexibility index (Phi) is 4.74. The van der Waals surface area contributed by atoms with Crippen LogP contribution in [-0.2, 0) is 4.79 Å². The maximum Gasteiger partial charge on any atom is 0.348 e. The Hall–Kier alpha value is -1.44. The lowest BCUT2D eigenvalue weighted by atomic mass is 10.2. The summed E-state index contributed by atoms with van der Waals surface area (Å²) in [6.07, 6.45) is 3.08. The number of carboxylic acids is 1. The molecule has 0 aliphatic carbocycles. The Balaban J connectivity index is 2.10. The Labute approximate surface area is 131 Å². The van der Waals surface area contributed by atoms with Crippen molar-refractivity contribution < 1.29 is 14.7 Å². The quantitative estimate of drug-likeness (QED) is 0.790. The molecule has 2 aromatic rings. The minimum atomic E-state index is -1.04. The molecule has 0 aromatic carbocycles. The van der Waals surface area contributed by atoms with E-state index in [1.54, 1.807) is 18.4 Å². The molecule has 0 fully saturated rings. The van der Waals surface area contributed by atoms with Crippen molar-refractivity contribution in [1.29, 1.82) is 0 Å². The number of aromatic carboxylic acids is 1. The molecule has 20 heavy (non-hydrogen) atoms. The fraction of sp³-hybridized carbons (Fsp3) is 0.0769. The van der Waals surface area contributed by atoms with Gasteiger partial charge in [0.15, 0.2) is 0 Å². The molecule has 0 bridgehead atoms. The van der Waals surface area contributed by atoms with Crippen LogP contribution in [0, 0.1) is 6.92 Å². The summed E-state index contributed by atoms with van der Waals surface area (Å²) < 4.78 is 0.986. The summed E-state index contributed by atoms with van der Waals surface area (Å²) in [4.78, 5) is 23.9. The third kappa shape index (κ3) is 3.56. The van der Waals surface area contributed by atoms with Gasteiger partial charge in [0, 0.05) is 11.0 Å². The van der Waals surface area contributed by atoms with E-state index in [-0.39, 0.29) is 10.8 Å². The van der Waals surface area contributed by atoms with Crippen molar-refractivity contribution >= 4 is 62.2 Å². The first kappa shape index (κ1) is 15.0. The SMILES string of the molecule is Cc1csc(C(=O)O)c1NC(=O)/C=C/c1ccc(Br)s1. The average Bonchev–Trinajstić information content (AvgIpc) is 2.94. The molecule has 1 amide bonds. The van der Waals surface area contributed by atoms with E-state index < -0.39 is 5.97 Å². The van der Waals surface area contributed by atoms with Crippen molar-refractivity contribution in [2.45, 2.75) is 6.92 Å². The van der Waals surface area contributed by atoms with E-state index >= 15 is 0 Å². The molecule has 0 saturated carbocycles. The second-order valence-corrected chi connectivity index (χ2v) is 7.27. The van der Waals surface area contributed by atoms with Crippen molar-refractivity contribution in [2.75, 3.05) is 5.32 Å². The van der Waals surface area contributed by atoms with Gasteiger partial charge in [0.25, 0.3) is 0 Å². The van der Waals surface area contributed by atoms with Gasteiger partial charge < -0.3 is 10.4 Å². The first-order chi connectivity index (χ1) is 9.47. The fourth-order valence-electron chi connectivity index (χ4n) is 1.50. The third-order valence-electron chi connectivity index (χ3n) is 2.41. The number of amides is 1. The number of carbonyl (C=O) groups excluding carboxylic acids is 1. The molecule has 2 N–H and O–H groups in total. The van der Waals surface area contributed by atoms with Crippen LogP contribution in [0.5, 0.6) is 0 Å². The highest BCUT2D eigenvalue weighted by molar-refractivity contribution is 9.11. The first-order valence-electron chi connectivity index (χ1n) is 5.53. The van der Waals surface area contributed by atoms with E-state index in [0.29, 0.717) is 5.69 Å². The van der Waals surface area contributed by atoms with Crippen molar-refractivity contribution in [2.24, 2.45) is 0 Å². The van der Waals surface area contributed by atoms with E-state index in [2.05, 4.69) is 21.2 Å². The third-order valence-corrected chi connectivity index (χ3v) is 5.09. The van der Waals surface area contributed by atoms with Gasteiger partial charge in [0.05, 0.1) is 9.47 Å². The number of aryl methyl sites for hydroxylation is 1. The number of carboxylic acid groups (broad SMARTS) is 1. The normalized spacial score (nSPS) is 10.9. The van der Waals surface area contributed by atoms with Crippen molar-refractivity contribution in [3.63, 3.8) is 0 Å². The Morgan fingerprint density at radius 2 is 2.15 bits per heavy atom. The van der Waals surface area contributed by atoms with Gasteiger partial charge in [-0.15, -0.1) is 22.7 Å². The zero-order valence-corrected chi connectivity index (χ0v) is 13.6. The molecule has 0 atom stereocenters. The summed E-state index contributed by atoms with van der Waals surface area (Å²) in [5.41, 5.74) is 1.11. The van der Waals surface area contributed by atoms with E-state index in [0.717, 1.165) is 25.6 Å². The number of hydrogen-bond acceptors (Lipinski definition) is 4. The van der Waals surface area contributed by atoms with Crippen LogP contribution >= 0.6 is 38.6 Å².